The number of benzene rings is 5. The van der Waals surface area contributed by atoms with Gasteiger partial charge in [-0.1, -0.05) is 78.4 Å². The molecule has 0 atom stereocenters. The van der Waals surface area contributed by atoms with Gasteiger partial charge in [0, 0.05) is 27.8 Å². The molecular formula is C35H28N4O2S. The van der Waals surface area contributed by atoms with E-state index in [0.717, 1.165) is 33.2 Å². The Labute approximate surface area is 248 Å². The number of hydrazone groups is 1. The fourth-order valence-corrected chi connectivity index (χ4v) is 5.19. The van der Waals surface area contributed by atoms with Gasteiger partial charge in [0.05, 0.1) is 11.9 Å². The third-order valence-electron chi connectivity index (χ3n) is 6.75. The molecule has 0 aliphatic heterocycles. The summed E-state index contributed by atoms with van der Waals surface area (Å²) in [5.41, 5.74) is 8.95. The molecule has 0 bridgehead atoms. The summed E-state index contributed by atoms with van der Waals surface area (Å²) in [6, 6.07) is 37.7. The minimum absolute atomic E-state index is 0.299. The molecule has 0 saturated carbocycles. The summed E-state index contributed by atoms with van der Waals surface area (Å²) in [4.78, 5) is 17.4. The summed E-state index contributed by atoms with van der Waals surface area (Å²) in [6.45, 7) is 2.49. The van der Waals surface area contributed by atoms with Crippen LogP contribution in [-0.4, -0.2) is 17.1 Å². The van der Waals surface area contributed by atoms with Gasteiger partial charge in [-0.15, -0.1) is 11.3 Å². The predicted molar refractivity (Wildman–Crippen MR) is 172 cm³/mol. The summed E-state index contributed by atoms with van der Waals surface area (Å²) < 4.78 is 6.10. The van der Waals surface area contributed by atoms with Crippen molar-refractivity contribution in [1.82, 2.24) is 10.4 Å². The van der Waals surface area contributed by atoms with Crippen molar-refractivity contribution < 1.29 is 9.53 Å². The van der Waals surface area contributed by atoms with E-state index in [1.807, 2.05) is 66.0 Å². The van der Waals surface area contributed by atoms with E-state index in [0.29, 0.717) is 17.9 Å². The Kier molecular flexibility index (Phi) is 8.01. The Hall–Kier alpha value is -5.27. The molecule has 0 aliphatic rings. The summed E-state index contributed by atoms with van der Waals surface area (Å²) in [5, 5.41) is 12.7. The monoisotopic (exact) mass is 568 g/mol. The molecule has 0 aliphatic carbocycles. The third-order valence-corrected chi connectivity index (χ3v) is 7.50. The van der Waals surface area contributed by atoms with Crippen LogP contribution in [0.3, 0.4) is 0 Å². The normalized spacial score (nSPS) is 11.1. The van der Waals surface area contributed by atoms with Crippen LogP contribution < -0.4 is 15.5 Å². The first kappa shape index (κ1) is 26.9. The van der Waals surface area contributed by atoms with Gasteiger partial charge in [-0.25, -0.2) is 10.4 Å². The number of thiazole rings is 1. The van der Waals surface area contributed by atoms with Gasteiger partial charge in [-0.3, -0.25) is 4.79 Å². The minimum atomic E-state index is -0.299. The molecule has 1 heterocycles. The lowest BCUT2D eigenvalue weighted by Gasteiger charge is -2.10. The number of nitrogens with zero attached hydrogens (tertiary/aromatic N) is 2. The van der Waals surface area contributed by atoms with E-state index >= 15 is 0 Å². The smallest absolute Gasteiger partial charge is 0.271 e. The van der Waals surface area contributed by atoms with E-state index in [9.17, 15) is 4.79 Å². The van der Waals surface area contributed by atoms with E-state index in [1.165, 1.54) is 27.7 Å². The first-order valence-electron chi connectivity index (χ1n) is 13.5. The highest BCUT2D eigenvalue weighted by molar-refractivity contribution is 7.14. The number of anilines is 2. The maximum Gasteiger partial charge on any atom is 0.271 e. The van der Waals surface area contributed by atoms with E-state index in [-0.39, 0.29) is 5.91 Å². The van der Waals surface area contributed by atoms with Gasteiger partial charge in [-0.05, 0) is 65.7 Å². The Morgan fingerprint density at radius 1 is 0.881 bits per heavy atom. The van der Waals surface area contributed by atoms with Gasteiger partial charge in [0.1, 0.15) is 12.4 Å². The first-order chi connectivity index (χ1) is 20.6. The zero-order valence-corrected chi connectivity index (χ0v) is 23.8. The van der Waals surface area contributed by atoms with Gasteiger partial charge >= 0.3 is 0 Å². The van der Waals surface area contributed by atoms with Crippen LogP contribution in [0.25, 0.3) is 22.0 Å². The number of aryl methyl sites for hydroxylation is 1. The highest BCUT2D eigenvalue weighted by atomic mass is 32.1. The summed E-state index contributed by atoms with van der Waals surface area (Å²) in [7, 11) is 0. The molecule has 0 fully saturated rings. The average molecular weight is 569 g/mol. The molecule has 2 N–H and O–H groups in total. The maximum atomic E-state index is 12.7. The largest absolute Gasteiger partial charge is 0.488 e. The highest BCUT2D eigenvalue weighted by Gasteiger charge is 2.09. The molecular weight excluding hydrogens is 540 g/mol. The number of fused-ring (bicyclic) bond motifs is 1. The first-order valence-corrected chi connectivity index (χ1v) is 14.4. The molecule has 42 heavy (non-hydrogen) atoms. The molecule has 6 rings (SSSR count). The number of ether oxygens (including phenoxy) is 1. The molecule has 0 unspecified atom stereocenters. The molecule has 1 amide bonds. The lowest BCUT2D eigenvalue weighted by atomic mass is 10.1. The zero-order chi connectivity index (χ0) is 28.7. The van der Waals surface area contributed by atoms with Crippen LogP contribution in [0.4, 0.5) is 10.8 Å². The van der Waals surface area contributed by atoms with Crippen LogP contribution in [0.15, 0.2) is 126 Å². The molecule has 6 aromatic rings. The maximum absolute atomic E-state index is 12.7. The van der Waals surface area contributed by atoms with Crippen molar-refractivity contribution in [3.8, 4) is 17.0 Å². The van der Waals surface area contributed by atoms with Crippen molar-refractivity contribution in [1.29, 1.82) is 0 Å². The zero-order valence-electron chi connectivity index (χ0n) is 23.0. The summed E-state index contributed by atoms with van der Waals surface area (Å²) in [5.74, 6) is 0.389. The number of hydrogen-bond acceptors (Lipinski definition) is 6. The van der Waals surface area contributed by atoms with E-state index in [1.54, 1.807) is 18.3 Å². The lowest BCUT2D eigenvalue weighted by molar-refractivity contribution is 0.0955. The molecule has 0 spiro atoms. The van der Waals surface area contributed by atoms with E-state index in [2.05, 4.69) is 70.2 Å². The van der Waals surface area contributed by atoms with Gasteiger partial charge in [-0.2, -0.15) is 5.10 Å². The SMILES string of the molecule is Cc1ccc(Nc2nc(-c3ccc(C(=O)N/N=C\c4ccccc4OCc4ccc5ccccc5c4)cc3)cs2)cc1. The molecule has 6 nitrogen and oxygen atoms in total. The third kappa shape index (κ3) is 6.54. The lowest BCUT2D eigenvalue weighted by Crippen LogP contribution is -2.17. The average Bonchev–Trinajstić information content (AvgIpc) is 3.50. The van der Waals surface area contributed by atoms with E-state index < -0.39 is 0 Å². The van der Waals surface area contributed by atoms with Crippen molar-refractivity contribution >= 4 is 45.0 Å². The number of hydrogen-bond donors (Lipinski definition) is 2. The second kappa shape index (κ2) is 12.5. The number of para-hydroxylation sites is 1. The van der Waals surface area contributed by atoms with Crippen LogP contribution in [0, 0.1) is 6.92 Å². The van der Waals surface area contributed by atoms with Crippen molar-refractivity contribution in [3.05, 3.63) is 143 Å². The second-order valence-electron chi connectivity index (χ2n) is 9.81. The number of rotatable bonds is 9. The summed E-state index contributed by atoms with van der Waals surface area (Å²) in [6.07, 6.45) is 1.60. The Morgan fingerprint density at radius 2 is 1.64 bits per heavy atom. The standard InChI is InChI=1S/C35H28N4O2S/c1-24-10-18-31(19-11-24)37-35-38-32(23-42-35)27-14-16-28(17-15-27)34(40)39-36-21-30-8-4-5-9-33(30)41-22-25-12-13-26-6-2-3-7-29(26)20-25/h2-21,23H,22H2,1H3,(H,37,38)(H,39,40)/b36-21-. The second-order valence-corrected chi connectivity index (χ2v) is 10.7. The van der Waals surface area contributed by atoms with Crippen LogP contribution in [0.1, 0.15) is 27.0 Å². The molecule has 0 radical (unpaired) electrons. The molecule has 1 aromatic heterocycles. The number of aromatic nitrogens is 1. The minimum Gasteiger partial charge on any atom is -0.488 e. The van der Waals surface area contributed by atoms with Crippen LogP contribution >= 0.6 is 11.3 Å². The molecule has 7 heteroatoms. The molecule has 206 valence electrons. The summed E-state index contributed by atoms with van der Waals surface area (Å²) >= 11 is 1.54. The Morgan fingerprint density at radius 3 is 2.48 bits per heavy atom. The quantitative estimate of drug-likeness (QED) is 0.136. The van der Waals surface area contributed by atoms with Crippen molar-refractivity contribution in [2.45, 2.75) is 13.5 Å². The number of amides is 1. The fourth-order valence-electron chi connectivity index (χ4n) is 4.45. The van der Waals surface area contributed by atoms with Gasteiger partial charge in [0.25, 0.3) is 5.91 Å². The molecule has 5 aromatic carbocycles. The van der Waals surface area contributed by atoms with Crippen molar-refractivity contribution in [2.75, 3.05) is 5.32 Å². The number of carbonyl (C=O) groups excluding carboxylic acids is 1. The van der Waals surface area contributed by atoms with Gasteiger partial charge in [0.2, 0.25) is 0 Å². The van der Waals surface area contributed by atoms with Crippen molar-refractivity contribution in [2.24, 2.45) is 5.10 Å². The number of carbonyl (C=O) groups is 1. The molecule has 0 saturated heterocycles. The highest BCUT2D eigenvalue weighted by Crippen LogP contribution is 2.27. The predicted octanol–water partition coefficient (Wildman–Crippen LogP) is 8.36. The van der Waals surface area contributed by atoms with Crippen LogP contribution in [-0.2, 0) is 6.61 Å². The van der Waals surface area contributed by atoms with E-state index in [4.69, 9.17) is 4.74 Å². The number of nitrogens with one attached hydrogen (secondary N) is 2. The fraction of sp³-hybridized carbons (Fsp3) is 0.0571. The van der Waals surface area contributed by atoms with Crippen molar-refractivity contribution in [3.63, 3.8) is 0 Å². The van der Waals surface area contributed by atoms with Crippen LogP contribution in [0.2, 0.25) is 0 Å². The topological polar surface area (TPSA) is 75.6 Å². The Balaban J connectivity index is 1.05. The van der Waals surface area contributed by atoms with Gasteiger partial charge in [0.15, 0.2) is 5.13 Å². The Bertz CT molecular complexity index is 1860. The van der Waals surface area contributed by atoms with Crippen LogP contribution in [0.5, 0.6) is 5.75 Å². The van der Waals surface area contributed by atoms with Gasteiger partial charge < -0.3 is 10.1 Å².